The van der Waals surface area contributed by atoms with Gasteiger partial charge >= 0.3 is 6.09 Å². The molecule has 0 bridgehead atoms. The van der Waals surface area contributed by atoms with Crippen LogP contribution in [0.4, 0.5) is 4.79 Å². The first kappa shape index (κ1) is 22.0. The van der Waals surface area contributed by atoms with Gasteiger partial charge in [0.1, 0.15) is 5.60 Å². The topological polar surface area (TPSA) is 80.3 Å². The number of carbonyl (C=O) groups excluding carboxylic acids is 2. The molecule has 0 atom stereocenters. The van der Waals surface area contributed by atoms with Crippen molar-refractivity contribution in [1.29, 1.82) is 0 Å². The molecule has 0 unspecified atom stereocenters. The average Bonchev–Trinajstić information content (AvgIpc) is 2.42. The lowest BCUT2D eigenvalue weighted by molar-refractivity contribution is -0.128. The summed E-state index contributed by atoms with van der Waals surface area (Å²) in [6.07, 6.45) is 2.38. The molecule has 2 rings (SSSR count). The van der Waals surface area contributed by atoms with Gasteiger partial charge in [0.25, 0.3) is 0 Å². The van der Waals surface area contributed by atoms with Crippen molar-refractivity contribution in [3.05, 3.63) is 27.5 Å². The zero-order chi connectivity index (χ0) is 20.6. The number of halogens is 2. The van der Waals surface area contributed by atoms with Gasteiger partial charge in [-0.05, 0) is 76.4 Å². The Balaban J connectivity index is 1.95. The molecule has 1 heterocycles. The van der Waals surface area contributed by atoms with Gasteiger partial charge in [-0.1, -0.05) is 11.6 Å². The largest absolute Gasteiger partial charge is 0.444 e. The maximum atomic E-state index is 12.9. The van der Waals surface area contributed by atoms with Crippen LogP contribution < -0.4 is 10.6 Å². The van der Waals surface area contributed by atoms with Crippen LogP contribution in [0.3, 0.4) is 0 Å². The van der Waals surface area contributed by atoms with Gasteiger partial charge in [-0.15, -0.1) is 0 Å². The van der Waals surface area contributed by atoms with Gasteiger partial charge in [-0.2, -0.15) is 0 Å². The summed E-state index contributed by atoms with van der Waals surface area (Å²) in [4.78, 5) is 29.1. The number of aromatic nitrogens is 1. The van der Waals surface area contributed by atoms with Crippen LogP contribution in [0.15, 0.2) is 16.7 Å². The number of amides is 2. The van der Waals surface area contributed by atoms with Gasteiger partial charge in [0.2, 0.25) is 5.91 Å². The number of hydrogen-bond acceptors (Lipinski definition) is 4. The second-order valence-electron chi connectivity index (χ2n) is 8.88. The van der Waals surface area contributed by atoms with E-state index in [0.29, 0.717) is 28.0 Å². The lowest BCUT2D eigenvalue weighted by Gasteiger charge is -2.47. The average molecular weight is 461 g/mol. The van der Waals surface area contributed by atoms with E-state index in [1.54, 1.807) is 6.07 Å². The molecule has 0 radical (unpaired) electrons. The van der Waals surface area contributed by atoms with E-state index in [1.165, 1.54) is 6.20 Å². The van der Waals surface area contributed by atoms with E-state index in [4.69, 9.17) is 16.3 Å². The zero-order valence-corrected chi connectivity index (χ0v) is 18.9. The monoisotopic (exact) mass is 459 g/mol. The SMILES string of the molecule is CC1(NC(=O)C(C)(C)c2ncc(Cl)cc2Br)CC(NC(=O)OC(C)(C)C)C1. The van der Waals surface area contributed by atoms with Crippen molar-refractivity contribution in [2.75, 3.05) is 0 Å². The highest BCUT2D eigenvalue weighted by Gasteiger charge is 2.45. The van der Waals surface area contributed by atoms with Crippen LogP contribution in [-0.4, -0.2) is 34.2 Å². The van der Waals surface area contributed by atoms with Crippen molar-refractivity contribution < 1.29 is 14.3 Å². The highest BCUT2D eigenvalue weighted by Crippen LogP contribution is 2.35. The molecule has 0 aliphatic heterocycles. The van der Waals surface area contributed by atoms with Crippen LogP contribution in [0.25, 0.3) is 0 Å². The molecule has 0 saturated heterocycles. The van der Waals surface area contributed by atoms with Crippen LogP contribution in [0.1, 0.15) is 60.1 Å². The van der Waals surface area contributed by atoms with Gasteiger partial charge in [0.05, 0.1) is 16.1 Å². The van der Waals surface area contributed by atoms with Gasteiger partial charge in [-0.3, -0.25) is 9.78 Å². The Morgan fingerprint density at radius 3 is 2.41 bits per heavy atom. The lowest BCUT2D eigenvalue weighted by atomic mass is 9.73. The molecule has 0 aromatic carbocycles. The summed E-state index contributed by atoms with van der Waals surface area (Å²) in [6, 6.07) is 1.71. The van der Waals surface area contributed by atoms with Gasteiger partial charge < -0.3 is 15.4 Å². The van der Waals surface area contributed by atoms with E-state index < -0.39 is 17.1 Å². The molecule has 2 N–H and O–H groups in total. The summed E-state index contributed by atoms with van der Waals surface area (Å²) in [6.45, 7) is 11.1. The van der Waals surface area contributed by atoms with Gasteiger partial charge in [-0.25, -0.2) is 4.79 Å². The summed E-state index contributed by atoms with van der Waals surface area (Å²) in [5.74, 6) is -0.128. The molecule has 0 spiro atoms. The molecule has 1 aliphatic rings. The standard InChI is InChI=1S/C19H27BrClN3O3/c1-17(2,3)27-16(26)23-12-8-19(6,9-12)24-15(25)18(4,5)14-13(20)7-11(21)10-22-14/h7,10,12H,8-9H2,1-6H3,(H,23,26)(H,24,25). The Hall–Kier alpha value is -1.34. The van der Waals surface area contributed by atoms with Crippen LogP contribution in [0.2, 0.25) is 5.02 Å². The van der Waals surface area contributed by atoms with Crippen molar-refractivity contribution in [2.45, 2.75) is 77.0 Å². The lowest BCUT2D eigenvalue weighted by Crippen LogP contribution is -2.64. The third-order valence-electron chi connectivity index (χ3n) is 4.50. The first-order valence-corrected chi connectivity index (χ1v) is 10.0. The first-order valence-electron chi connectivity index (χ1n) is 8.85. The van der Waals surface area contributed by atoms with Gasteiger partial charge in [0.15, 0.2) is 0 Å². The van der Waals surface area contributed by atoms with E-state index in [2.05, 4.69) is 31.5 Å². The van der Waals surface area contributed by atoms with Crippen molar-refractivity contribution in [1.82, 2.24) is 15.6 Å². The minimum Gasteiger partial charge on any atom is -0.444 e. The molecule has 1 aliphatic carbocycles. The minimum absolute atomic E-state index is 0.0198. The molecule has 27 heavy (non-hydrogen) atoms. The van der Waals surface area contributed by atoms with Crippen LogP contribution in [-0.2, 0) is 14.9 Å². The Morgan fingerprint density at radius 2 is 1.89 bits per heavy atom. The number of pyridine rings is 1. The van der Waals surface area contributed by atoms with E-state index in [1.807, 2.05) is 41.5 Å². The summed E-state index contributed by atoms with van der Waals surface area (Å²) >= 11 is 9.38. The molecule has 8 heteroatoms. The number of ether oxygens (including phenoxy) is 1. The number of carbonyl (C=O) groups is 2. The van der Waals surface area contributed by atoms with Crippen molar-refractivity contribution in [3.8, 4) is 0 Å². The molecule has 1 saturated carbocycles. The quantitative estimate of drug-likeness (QED) is 0.700. The Kier molecular flexibility index (Phi) is 6.17. The fraction of sp³-hybridized carbons (Fsp3) is 0.632. The number of nitrogens with one attached hydrogen (secondary N) is 2. The molecule has 1 fully saturated rings. The second-order valence-corrected chi connectivity index (χ2v) is 10.2. The van der Waals surface area contributed by atoms with Crippen LogP contribution in [0.5, 0.6) is 0 Å². The molecule has 6 nitrogen and oxygen atoms in total. The number of rotatable bonds is 4. The Bertz CT molecular complexity index is 740. The van der Waals surface area contributed by atoms with Crippen molar-refractivity contribution >= 4 is 39.5 Å². The smallest absolute Gasteiger partial charge is 0.407 e. The van der Waals surface area contributed by atoms with E-state index in [-0.39, 0.29) is 17.5 Å². The van der Waals surface area contributed by atoms with E-state index in [0.717, 1.165) is 0 Å². The third-order valence-corrected chi connectivity index (χ3v) is 5.31. The highest BCUT2D eigenvalue weighted by molar-refractivity contribution is 9.10. The fourth-order valence-corrected chi connectivity index (χ4v) is 4.25. The Morgan fingerprint density at radius 1 is 1.30 bits per heavy atom. The summed E-state index contributed by atoms with van der Waals surface area (Å²) in [7, 11) is 0. The minimum atomic E-state index is -0.837. The van der Waals surface area contributed by atoms with Crippen LogP contribution >= 0.6 is 27.5 Å². The maximum absolute atomic E-state index is 12.9. The van der Waals surface area contributed by atoms with Gasteiger partial charge in [0, 0.05) is 22.3 Å². The van der Waals surface area contributed by atoms with E-state index in [9.17, 15) is 9.59 Å². The predicted molar refractivity (Wildman–Crippen MR) is 109 cm³/mol. The van der Waals surface area contributed by atoms with Crippen LogP contribution in [0, 0.1) is 0 Å². The molecule has 150 valence electrons. The van der Waals surface area contributed by atoms with Crippen molar-refractivity contribution in [3.63, 3.8) is 0 Å². The third kappa shape index (κ3) is 5.57. The molecular weight excluding hydrogens is 434 g/mol. The normalized spacial score (nSPS) is 22.6. The van der Waals surface area contributed by atoms with E-state index >= 15 is 0 Å². The fourth-order valence-electron chi connectivity index (χ4n) is 3.12. The Labute approximate surface area is 173 Å². The van der Waals surface area contributed by atoms with Crippen molar-refractivity contribution in [2.24, 2.45) is 0 Å². The summed E-state index contributed by atoms with van der Waals surface area (Å²) < 4.78 is 5.96. The summed E-state index contributed by atoms with van der Waals surface area (Å²) in [5.41, 5.74) is -1.13. The first-order chi connectivity index (χ1) is 12.2. The summed E-state index contributed by atoms with van der Waals surface area (Å²) in [5, 5.41) is 6.44. The zero-order valence-electron chi connectivity index (χ0n) is 16.6. The molecule has 2 amide bonds. The number of hydrogen-bond donors (Lipinski definition) is 2. The molecule has 1 aromatic heterocycles. The number of nitrogens with zero attached hydrogens (tertiary/aromatic N) is 1. The predicted octanol–water partition coefficient (Wildman–Crippen LogP) is 4.34. The second kappa shape index (κ2) is 7.59. The maximum Gasteiger partial charge on any atom is 0.407 e. The molecule has 1 aromatic rings. The highest BCUT2D eigenvalue weighted by atomic mass is 79.9. The molecular formula is C19H27BrClN3O3. The number of alkyl carbamates (subject to hydrolysis) is 1.